The molecule has 1 aromatic heterocycles. The summed E-state index contributed by atoms with van der Waals surface area (Å²) in [6, 6.07) is 0.917. The van der Waals surface area contributed by atoms with Crippen LogP contribution in [0.25, 0.3) is 0 Å². The Labute approximate surface area is 124 Å². The van der Waals surface area contributed by atoms with Crippen molar-refractivity contribution in [3.05, 3.63) is 29.6 Å². The van der Waals surface area contributed by atoms with Gasteiger partial charge in [0, 0.05) is 24.0 Å². The molecule has 0 aromatic carbocycles. The van der Waals surface area contributed by atoms with Gasteiger partial charge in [-0.1, -0.05) is 11.8 Å². The van der Waals surface area contributed by atoms with Crippen molar-refractivity contribution in [1.29, 1.82) is 0 Å². The predicted octanol–water partition coefficient (Wildman–Crippen LogP) is 0.0683. The Morgan fingerprint density at radius 1 is 1.29 bits per heavy atom. The largest absolute Gasteiger partial charge is 0.384 e. The van der Waals surface area contributed by atoms with Crippen LogP contribution in [0.3, 0.4) is 0 Å². The molecule has 2 amide bonds. The number of nitrogens with zero attached hydrogens (tertiary/aromatic N) is 1. The first kappa shape index (κ1) is 16.7. The molecule has 3 N–H and O–H groups in total. The number of rotatable bonds is 4. The van der Waals surface area contributed by atoms with Crippen LogP contribution in [0.4, 0.5) is 0 Å². The zero-order valence-electron chi connectivity index (χ0n) is 12.3. The number of nitrogens with one attached hydrogen (secondary N) is 2. The van der Waals surface area contributed by atoms with Gasteiger partial charge in [0.25, 0.3) is 5.91 Å². The molecule has 1 atom stereocenters. The summed E-state index contributed by atoms with van der Waals surface area (Å²) in [6.07, 6.45) is 2.89. The highest BCUT2D eigenvalue weighted by molar-refractivity contribution is 5.97. The molecule has 0 saturated heterocycles. The second-order valence-electron chi connectivity index (χ2n) is 4.78. The summed E-state index contributed by atoms with van der Waals surface area (Å²) in [4.78, 5) is 27.7. The number of hydrogen-bond donors (Lipinski definition) is 3. The van der Waals surface area contributed by atoms with Crippen molar-refractivity contribution in [2.24, 2.45) is 0 Å². The third-order valence-electron chi connectivity index (χ3n) is 2.48. The average Bonchev–Trinajstić information content (AvgIpc) is 2.44. The molecule has 0 saturated carbocycles. The van der Waals surface area contributed by atoms with Crippen LogP contribution in [0.15, 0.2) is 18.5 Å². The second kappa shape index (κ2) is 8.02. The maximum atomic E-state index is 12.0. The van der Waals surface area contributed by atoms with Gasteiger partial charge in [-0.05, 0) is 26.8 Å². The van der Waals surface area contributed by atoms with Crippen LogP contribution in [0.1, 0.15) is 36.7 Å². The number of hydrogen-bond acceptors (Lipinski definition) is 4. The molecule has 0 aliphatic carbocycles. The third-order valence-corrected chi connectivity index (χ3v) is 2.48. The van der Waals surface area contributed by atoms with Crippen LogP contribution in [0, 0.1) is 11.8 Å². The van der Waals surface area contributed by atoms with Crippen LogP contribution in [-0.4, -0.2) is 40.6 Å². The molecule has 0 spiro atoms. The highest BCUT2D eigenvalue weighted by Gasteiger charge is 2.17. The van der Waals surface area contributed by atoms with Gasteiger partial charge in [0.2, 0.25) is 5.91 Å². The van der Waals surface area contributed by atoms with Gasteiger partial charge < -0.3 is 15.7 Å². The van der Waals surface area contributed by atoms with E-state index in [2.05, 4.69) is 27.5 Å². The number of pyridine rings is 1. The van der Waals surface area contributed by atoms with Gasteiger partial charge in [0.05, 0.1) is 5.56 Å². The Morgan fingerprint density at radius 2 is 2.00 bits per heavy atom. The lowest BCUT2D eigenvalue weighted by atomic mass is 10.2. The van der Waals surface area contributed by atoms with Crippen molar-refractivity contribution in [1.82, 2.24) is 15.6 Å². The SMILES string of the molecule is CC(C)NC(=O)C(C)NC(=O)c1cncc(C#CCO)c1. The van der Waals surface area contributed by atoms with E-state index in [9.17, 15) is 9.59 Å². The van der Waals surface area contributed by atoms with Gasteiger partial charge in [-0.25, -0.2) is 0 Å². The topological polar surface area (TPSA) is 91.3 Å². The number of aliphatic hydroxyl groups excluding tert-OH is 1. The molecule has 21 heavy (non-hydrogen) atoms. The summed E-state index contributed by atoms with van der Waals surface area (Å²) in [5.74, 6) is 4.50. The van der Waals surface area contributed by atoms with Crippen LogP contribution in [-0.2, 0) is 4.79 Å². The van der Waals surface area contributed by atoms with Gasteiger partial charge in [0.1, 0.15) is 12.6 Å². The van der Waals surface area contributed by atoms with E-state index in [1.165, 1.54) is 12.4 Å². The van der Waals surface area contributed by atoms with Crippen molar-refractivity contribution < 1.29 is 14.7 Å². The molecule has 0 fully saturated rings. The normalized spacial score (nSPS) is 11.3. The maximum Gasteiger partial charge on any atom is 0.253 e. The molecule has 112 valence electrons. The second-order valence-corrected chi connectivity index (χ2v) is 4.78. The number of carbonyl (C=O) groups excluding carboxylic acids is 2. The first-order valence-corrected chi connectivity index (χ1v) is 6.60. The van der Waals surface area contributed by atoms with E-state index < -0.39 is 11.9 Å². The van der Waals surface area contributed by atoms with Crippen LogP contribution in [0.5, 0.6) is 0 Å². The summed E-state index contributed by atoms with van der Waals surface area (Å²) in [6.45, 7) is 5.04. The van der Waals surface area contributed by atoms with E-state index >= 15 is 0 Å². The quantitative estimate of drug-likeness (QED) is 0.684. The van der Waals surface area contributed by atoms with E-state index in [0.29, 0.717) is 11.1 Å². The molecule has 0 radical (unpaired) electrons. The summed E-state index contributed by atoms with van der Waals surface area (Å²) >= 11 is 0. The van der Waals surface area contributed by atoms with Crippen LogP contribution in [0.2, 0.25) is 0 Å². The Bertz CT molecular complexity index is 573. The summed E-state index contributed by atoms with van der Waals surface area (Å²) in [5.41, 5.74) is 0.833. The minimum absolute atomic E-state index is 0.00982. The molecule has 0 aliphatic heterocycles. The minimum Gasteiger partial charge on any atom is -0.384 e. The summed E-state index contributed by atoms with van der Waals surface area (Å²) in [7, 11) is 0. The van der Waals surface area contributed by atoms with Crippen molar-refractivity contribution in [3.8, 4) is 11.8 Å². The standard InChI is InChI=1S/C15H19N3O3/c1-10(2)17-14(20)11(3)18-15(21)13-7-12(5-4-6-19)8-16-9-13/h7-11,19H,6H2,1-3H3,(H,17,20)(H,18,21). The van der Waals surface area contributed by atoms with Crippen LogP contribution >= 0.6 is 0 Å². The first-order chi connectivity index (χ1) is 9.93. The lowest BCUT2D eigenvalue weighted by molar-refractivity contribution is -0.123. The van der Waals surface area contributed by atoms with Gasteiger partial charge in [-0.3, -0.25) is 14.6 Å². The van der Waals surface area contributed by atoms with Crippen LogP contribution < -0.4 is 10.6 Å². The van der Waals surface area contributed by atoms with Crippen molar-refractivity contribution >= 4 is 11.8 Å². The molecule has 6 nitrogen and oxygen atoms in total. The molecular formula is C15H19N3O3. The summed E-state index contributed by atoms with van der Waals surface area (Å²) < 4.78 is 0. The lowest BCUT2D eigenvalue weighted by Crippen LogP contribution is -2.46. The van der Waals surface area contributed by atoms with Gasteiger partial charge in [-0.15, -0.1) is 0 Å². The molecule has 1 heterocycles. The van der Waals surface area contributed by atoms with E-state index in [1.807, 2.05) is 13.8 Å². The minimum atomic E-state index is -0.646. The van der Waals surface area contributed by atoms with Crippen molar-refractivity contribution in [2.75, 3.05) is 6.61 Å². The fraction of sp³-hybridized carbons (Fsp3) is 0.400. The smallest absolute Gasteiger partial charge is 0.253 e. The Hall–Kier alpha value is -2.39. The Morgan fingerprint density at radius 3 is 2.62 bits per heavy atom. The Balaban J connectivity index is 2.73. The Kier molecular flexibility index (Phi) is 6.37. The molecule has 1 aromatic rings. The monoisotopic (exact) mass is 289 g/mol. The van der Waals surface area contributed by atoms with E-state index in [4.69, 9.17) is 5.11 Å². The lowest BCUT2D eigenvalue weighted by Gasteiger charge is -2.16. The number of amides is 2. The van der Waals surface area contributed by atoms with Gasteiger partial charge in [0.15, 0.2) is 0 Å². The fourth-order valence-corrected chi connectivity index (χ4v) is 1.53. The predicted molar refractivity (Wildman–Crippen MR) is 78.4 cm³/mol. The maximum absolute atomic E-state index is 12.0. The van der Waals surface area contributed by atoms with Gasteiger partial charge >= 0.3 is 0 Å². The zero-order valence-corrected chi connectivity index (χ0v) is 12.3. The molecule has 6 heteroatoms. The first-order valence-electron chi connectivity index (χ1n) is 6.60. The molecule has 0 aliphatic rings. The van der Waals surface area contributed by atoms with Gasteiger partial charge in [-0.2, -0.15) is 0 Å². The number of carbonyl (C=O) groups is 2. The number of aromatic nitrogens is 1. The highest BCUT2D eigenvalue weighted by Crippen LogP contribution is 2.02. The highest BCUT2D eigenvalue weighted by atomic mass is 16.2. The average molecular weight is 289 g/mol. The molecule has 1 unspecified atom stereocenters. The molecular weight excluding hydrogens is 270 g/mol. The van der Waals surface area contributed by atoms with E-state index in [0.717, 1.165) is 0 Å². The number of aliphatic hydroxyl groups is 1. The van der Waals surface area contributed by atoms with Crippen molar-refractivity contribution in [2.45, 2.75) is 32.9 Å². The summed E-state index contributed by atoms with van der Waals surface area (Å²) in [5, 5.41) is 14.0. The van der Waals surface area contributed by atoms with E-state index in [1.54, 1.807) is 13.0 Å². The third kappa shape index (κ3) is 5.63. The fourth-order valence-electron chi connectivity index (χ4n) is 1.53. The molecule has 0 bridgehead atoms. The molecule has 1 rings (SSSR count). The zero-order chi connectivity index (χ0) is 15.8. The van der Waals surface area contributed by atoms with Crippen molar-refractivity contribution in [3.63, 3.8) is 0 Å². The van der Waals surface area contributed by atoms with E-state index in [-0.39, 0.29) is 18.6 Å².